The summed E-state index contributed by atoms with van der Waals surface area (Å²) in [7, 11) is 3.23. The lowest BCUT2D eigenvalue weighted by Crippen LogP contribution is -2.24. The Bertz CT molecular complexity index is 921. The molecule has 0 saturated carbocycles. The molecule has 1 heterocycles. The van der Waals surface area contributed by atoms with E-state index >= 15 is 0 Å². The van der Waals surface area contributed by atoms with E-state index in [2.05, 4.69) is 15.5 Å². The number of ether oxygens (including phenoxy) is 2. The molecule has 0 aliphatic heterocycles. The van der Waals surface area contributed by atoms with Crippen LogP contribution in [0.15, 0.2) is 52.9 Å². The zero-order valence-electron chi connectivity index (χ0n) is 16.1. The molecular formula is C21H23N3O4. The third kappa shape index (κ3) is 4.88. The fourth-order valence-corrected chi connectivity index (χ4v) is 2.77. The second-order valence-electron chi connectivity index (χ2n) is 6.39. The molecule has 3 rings (SSSR count). The molecule has 1 aromatic heterocycles. The topological polar surface area (TPSA) is 86.5 Å². The van der Waals surface area contributed by atoms with Crippen LogP contribution in [-0.4, -0.2) is 30.3 Å². The van der Waals surface area contributed by atoms with Crippen LogP contribution in [0.5, 0.6) is 11.5 Å². The molecule has 1 atom stereocenters. The molecule has 0 spiro atoms. The number of nitrogens with zero attached hydrogens (tertiary/aromatic N) is 2. The molecule has 0 aliphatic carbocycles. The summed E-state index contributed by atoms with van der Waals surface area (Å²) < 4.78 is 16.0. The number of nitrogens with one attached hydrogen (secondary N) is 1. The van der Waals surface area contributed by atoms with E-state index in [0.29, 0.717) is 24.0 Å². The van der Waals surface area contributed by atoms with Gasteiger partial charge in [-0.25, -0.2) is 0 Å². The molecule has 0 saturated heterocycles. The molecule has 0 bridgehead atoms. The highest BCUT2D eigenvalue weighted by Crippen LogP contribution is 2.23. The number of hydrogen-bond donors (Lipinski definition) is 1. The average Bonchev–Trinajstić information content (AvgIpc) is 3.21. The van der Waals surface area contributed by atoms with Crippen LogP contribution in [0.1, 0.15) is 30.7 Å². The summed E-state index contributed by atoms with van der Waals surface area (Å²) in [6, 6.07) is 15.1. The predicted octanol–water partition coefficient (Wildman–Crippen LogP) is 3.56. The zero-order chi connectivity index (χ0) is 19.9. The Morgan fingerprint density at radius 3 is 2.54 bits per heavy atom. The lowest BCUT2D eigenvalue weighted by molar-refractivity contribution is -0.121. The number of methoxy groups -OCH3 is 2. The molecule has 1 unspecified atom stereocenters. The molecule has 7 nitrogen and oxygen atoms in total. The molecule has 28 heavy (non-hydrogen) atoms. The molecule has 0 radical (unpaired) electrons. The minimum absolute atomic E-state index is 0.0792. The lowest BCUT2D eigenvalue weighted by atomic mass is 9.97. The Balaban J connectivity index is 1.53. The molecule has 1 amide bonds. The van der Waals surface area contributed by atoms with Crippen molar-refractivity contribution in [2.75, 3.05) is 14.2 Å². The first-order valence-corrected chi connectivity index (χ1v) is 8.96. The van der Waals surface area contributed by atoms with Gasteiger partial charge in [-0.05, 0) is 41.8 Å². The number of benzene rings is 2. The van der Waals surface area contributed by atoms with E-state index in [-0.39, 0.29) is 18.4 Å². The minimum Gasteiger partial charge on any atom is -0.497 e. The summed E-state index contributed by atoms with van der Waals surface area (Å²) >= 11 is 0. The van der Waals surface area contributed by atoms with Gasteiger partial charge in [-0.2, -0.15) is 0 Å². The van der Waals surface area contributed by atoms with Crippen molar-refractivity contribution in [3.05, 3.63) is 60.0 Å². The number of hydrogen-bond acceptors (Lipinski definition) is 6. The summed E-state index contributed by atoms with van der Waals surface area (Å²) in [5.41, 5.74) is 1.84. The Morgan fingerprint density at radius 1 is 1.07 bits per heavy atom. The number of amides is 1. The number of carbonyl (C=O) groups excluding carboxylic acids is 1. The summed E-state index contributed by atoms with van der Waals surface area (Å²) in [6.07, 6.45) is 0.364. The standard InChI is InChI=1S/C21H23N3O4/c1-14(15-7-9-17(26-2)10-8-15)11-19(25)22-13-20-23-24-21(28-20)16-5-4-6-18(12-16)27-3/h4-10,12,14H,11,13H2,1-3H3,(H,22,25). The van der Waals surface area contributed by atoms with Crippen LogP contribution in [0.4, 0.5) is 0 Å². The summed E-state index contributed by atoms with van der Waals surface area (Å²) in [5.74, 6) is 2.24. The van der Waals surface area contributed by atoms with Gasteiger partial charge in [-0.15, -0.1) is 10.2 Å². The van der Waals surface area contributed by atoms with Crippen molar-refractivity contribution < 1.29 is 18.7 Å². The lowest BCUT2D eigenvalue weighted by Gasteiger charge is -2.12. The fraction of sp³-hybridized carbons (Fsp3) is 0.286. The molecule has 2 aromatic carbocycles. The maximum absolute atomic E-state index is 12.2. The van der Waals surface area contributed by atoms with Crippen molar-refractivity contribution in [2.24, 2.45) is 0 Å². The van der Waals surface area contributed by atoms with E-state index < -0.39 is 0 Å². The Morgan fingerprint density at radius 2 is 1.82 bits per heavy atom. The average molecular weight is 381 g/mol. The molecule has 0 fully saturated rings. The molecule has 3 aromatic rings. The van der Waals surface area contributed by atoms with Gasteiger partial charge in [0, 0.05) is 12.0 Å². The van der Waals surface area contributed by atoms with E-state index in [1.807, 2.05) is 55.5 Å². The van der Waals surface area contributed by atoms with Crippen LogP contribution in [0.2, 0.25) is 0 Å². The van der Waals surface area contributed by atoms with E-state index in [0.717, 1.165) is 16.9 Å². The van der Waals surface area contributed by atoms with Crippen LogP contribution in [-0.2, 0) is 11.3 Å². The van der Waals surface area contributed by atoms with E-state index in [4.69, 9.17) is 13.9 Å². The van der Waals surface area contributed by atoms with E-state index in [1.165, 1.54) is 0 Å². The van der Waals surface area contributed by atoms with Crippen molar-refractivity contribution in [2.45, 2.75) is 25.8 Å². The first-order chi connectivity index (χ1) is 13.6. The summed E-state index contributed by atoms with van der Waals surface area (Å²) in [4.78, 5) is 12.2. The summed E-state index contributed by atoms with van der Waals surface area (Å²) in [6.45, 7) is 2.19. The Labute approximate surface area is 163 Å². The molecule has 7 heteroatoms. The zero-order valence-corrected chi connectivity index (χ0v) is 16.1. The highest BCUT2D eigenvalue weighted by atomic mass is 16.5. The van der Waals surface area contributed by atoms with Gasteiger partial charge < -0.3 is 19.2 Å². The molecular weight excluding hydrogens is 358 g/mol. The number of rotatable bonds is 8. The second kappa shape index (κ2) is 9.03. The van der Waals surface area contributed by atoms with Gasteiger partial charge in [0.15, 0.2) is 0 Å². The monoisotopic (exact) mass is 381 g/mol. The van der Waals surface area contributed by atoms with Crippen LogP contribution in [0.25, 0.3) is 11.5 Å². The highest BCUT2D eigenvalue weighted by molar-refractivity contribution is 5.76. The third-order valence-corrected chi connectivity index (χ3v) is 4.40. The smallest absolute Gasteiger partial charge is 0.247 e. The van der Waals surface area contributed by atoms with Gasteiger partial charge >= 0.3 is 0 Å². The van der Waals surface area contributed by atoms with Crippen LogP contribution >= 0.6 is 0 Å². The van der Waals surface area contributed by atoms with Crippen LogP contribution < -0.4 is 14.8 Å². The Hall–Kier alpha value is -3.35. The second-order valence-corrected chi connectivity index (χ2v) is 6.39. The summed E-state index contributed by atoms with van der Waals surface area (Å²) in [5, 5.41) is 10.8. The Kier molecular flexibility index (Phi) is 6.26. The largest absolute Gasteiger partial charge is 0.497 e. The van der Waals surface area contributed by atoms with Gasteiger partial charge in [-0.1, -0.05) is 25.1 Å². The van der Waals surface area contributed by atoms with Crippen LogP contribution in [0, 0.1) is 0 Å². The number of carbonyl (C=O) groups is 1. The van der Waals surface area contributed by atoms with Crippen molar-refractivity contribution in [3.8, 4) is 23.0 Å². The van der Waals surface area contributed by atoms with Gasteiger partial charge in [0.1, 0.15) is 11.5 Å². The maximum Gasteiger partial charge on any atom is 0.247 e. The van der Waals surface area contributed by atoms with Crippen molar-refractivity contribution in [1.29, 1.82) is 0 Å². The van der Waals surface area contributed by atoms with Crippen molar-refractivity contribution >= 4 is 5.91 Å². The van der Waals surface area contributed by atoms with Gasteiger partial charge in [0.05, 0.1) is 20.8 Å². The van der Waals surface area contributed by atoms with Gasteiger partial charge in [-0.3, -0.25) is 4.79 Å². The normalized spacial score (nSPS) is 11.7. The molecule has 1 N–H and O–H groups in total. The first kappa shape index (κ1) is 19.4. The van der Waals surface area contributed by atoms with Gasteiger partial charge in [0.25, 0.3) is 0 Å². The third-order valence-electron chi connectivity index (χ3n) is 4.40. The molecule has 146 valence electrons. The highest BCUT2D eigenvalue weighted by Gasteiger charge is 2.14. The quantitative estimate of drug-likeness (QED) is 0.642. The fourth-order valence-electron chi connectivity index (χ4n) is 2.77. The number of aromatic nitrogens is 2. The van der Waals surface area contributed by atoms with Gasteiger partial charge in [0.2, 0.25) is 17.7 Å². The maximum atomic E-state index is 12.2. The SMILES string of the molecule is COc1ccc(C(C)CC(=O)NCc2nnc(-c3cccc(OC)c3)o2)cc1. The molecule has 0 aliphatic rings. The van der Waals surface area contributed by atoms with Crippen molar-refractivity contribution in [3.63, 3.8) is 0 Å². The predicted molar refractivity (Wildman–Crippen MR) is 104 cm³/mol. The minimum atomic E-state index is -0.0792. The van der Waals surface area contributed by atoms with Crippen LogP contribution in [0.3, 0.4) is 0 Å². The van der Waals surface area contributed by atoms with Crippen molar-refractivity contribution in [1.82, 2.24) is 15.5 Å². The first-order valence-electron chi connectivity index (χ1n) is 8.96. The van der Waals surface area contributed by atoms with E-state index in [9.17, 15) is 4.79 Å². The van der Waals surface area contributed by atoms with E-state index in [1.54, 1.807) is 14.2 Å².